The fourth-order valence-corrected chi connectivity index (χ4v) is 1.99. The Kier molecular flexibility index (Phi) is 2.11. The molecule has 2 amide bonds. The van der Waals surface area contributed by atoms with Crippen LogP contribution in [0.5, 0.6) is 0 Å². The van der Waals surface area contributed by atoms with E-state index in [1.165, 1.54) is 0 Å². The maximum atomic E-state index is 11.0. The Morgan fingerprint density at radius 2 is 1.43 bits per heavy atom. The molecule has 14 heavy (non-hydrogen) atoms. The van der Waals surface area contributed by atoms with Gasteiger partial charge in [-0.2, -0.15) is 0 Å². The SMILES string of the molecule is NC1C(O)C2NC(=O)NC(C1O)C2O. The van der Waals surface area contributed by atoms with Crippen molar-refractivity contribution in [3.63, 3.8) is 0 Å². The van der Waals surface area contributed by atoms with Gasteiger partial charge in [0.05, 0.1) is 36.4 Å². The minimum Gasteiger partial charge on any atom is -0.389 e. The Hall–Kier alpha value is -0.890. The van der Waals surface area contributed by atoms with Gasteiger partial charge in [0, 0.05) is 0 Å². The summed E-state index contributed by atoms with van der Waals surface area (Å²) >= 11 is 0. The van der Waals surface area contributed by atoms with Gasteiger partial charge in [0.15, 0.2) is 0 Å². The predicted octanol–water partition coefficient (Wildman–Crippen LogP) is -3.54. The molecular weight excluding hydrogens is 190 g/mol. The molecule has 4 unspecified atom stereocenters. The first-order chi connectivity index (χ1) is 6.52. The van der Waals surface area contributed by atoms with Gasteiger partial charge in [-0.25, -0.2) is 4.79 Å². The zero-order chi connectivity index (χ0) is 10.5. The molecule has 7 heteroatoms. The van der Waals surface area contributed by atoms with E-state index in [2.05, 4.69) is 10.6 Å². The van der Waals surface area contributed by atoms with Crippen LogP contribution in [0.4, 0.5) is 4.79 Å². The molecule has 2 rings (SSSR count). The third-order valence-electron chi connectivity index (χ3n) is 2.86. The molecule has 80 valence electrons. The summed E-state index contributed by atoms with van der Waals surface area (Å²) in [6.45, 7) is 0. The lowest BCUT2D eigenvalue weighted by Crippen LogP contribution is -2.78. The van der Waals surface area contributed by atoms with Crippen LogP contribution in [-0.4, -0.2) is 57.8 Å². The van der Waals surface area contributed by atoms with E-state index in [0.29, 0.717) is 0 Å². The molecule has 1 aliphatic carbocycles. The van der Waals surface area contributed by atoms with Crippen LogP contribution in [0.2, 0.25) is 0 Å². The molecule has 1 saturated heterocycles. The molecule has 0 aromatic rings. The summed E-state index contributed by atoms with van der Waals surface area (Å²) in [5, 5.41) is 33.4. The first kappa shape index (κ1) is 9.66. The van der Waals surface area contributed by atoms with Gasteiger partial charge in [-0.1, -0.05) is 0 Å². The molecule has 1 saturated carbocycles. The number of fused-ring (bicyclic) bond motifs is 2. The molecule has 0 spiro atoms. The van der Waals surface area contributed by atoms with Crippen molar-refractivity contribution in [1.82, 2.24) is 10.6 Å². The number of rotatable bonds is 0. The fourth-order valence-electron chi connectivity index (χ4n) is 1.99. The summed E-state index contributed by atoms with van der Waals surface area (Å²) < 4.78 is 0. The van der Waals surface area contributed by atoms with Crippen LogP contribution >= 0.6 is 0 Å². The van der Waals surface area contributed by atoms with Gasteiger partial charge in [-0.05, 0) is 0 Å². The number of urea groups is 1. The number of carbonyl (C=O) groups is 1. The van der Waals surface area contributed by atoms with Crippen LogP contribution in [0, 0.1) is 0 Å². The Bertz CT molecular complexity index is 231. The lowest BCUT2D eigenvalue weighted by atomic mass is 9.79. The monoisotopic (exact) mass is 203 g/mol. The highest BCUT2D eigenvalue weighted by atomic mass is 16.3. The van der Waals surface area contributed by atoms with Crippen molar-refractivity contribution in [2.75, 3.05) is 0 Å². The van der Waals surface area contributed by atoms with E-state index >= 15 is 0 Å². The molecule has 7 nitrogen and oxygen atoms in total. The van der Waals surface area contributed by atoms with Crippen molar-refractivity contribution < 1.29 is 20.1 Å². The van der Waals surface area contributed by atoms with E-state index < -0.39 is 42.5 Å². The molecular formula is C7H13N3O4. The molecule has 1 heterocycles. The molecule has 1 aliphatic heterocycles. The Balaban J connectivity index is 2.27. The second-order valence-electron chi connectivity index (χ2n) is 3.72. The third-order valence-corrected chi connectivity index (χ3v) is 2.86. The zero-order valence-electron chi connectivity index (χ0n) is 7.29. The lowest BCUT2D eigenvalue weighted by Gasteiger charge is -2.48. The highest BCUT2D eigenvalue weighted by Crippen LogP contribution is 2.22. The van der Waals surface area contributed by atoms with Crippen LogP contribution in [-0.2, 0) is 0 Å². The minimum atomic E-state index is -1.14. The van der Waals surface area contributed by atoms with Gasteiger partial charge < -0.3 is 31.7 Å². The topological polar surface area (TPSA) is 128 Å². The van der Waals surface area contributed by atoms with Crippen molar-refractivity contribution in [3.05, 3.63) is 0 Å². The Labute approximate surface area is 79.9 Å². The van der Waals surface area contributed by atoms with Gasteiger partial charge in [0.1, 0.15) is 0 Å². The lowest BCUT2D eigenvalue weighted by molar-refractivity contribution is -0.0926. The number of nitrogens with one attached hydrogen (secondary N) is 2. The predicted molar refractivity (Wildman–Crippen MR) is 45.2 cm³/mol. The maximum absolute atomic E-state index is 11.0. The summed E-state index contributed by atoms with van der Waals surface area (Å²) in [6.07, 6.45) is -3.30. The first-order valence-electron chi connectivity index (χ1n) is 4.39. The van der Waals surface area contributed by atoms with Gasteiger partial charge in [0.25, 0.3) is 0 Å². The number of hydrogen-bond donors (Lipinski definition) is 6. The van der Waals surface area contributed by atoms with Crippen molar-refractivity contribution >= 4 is 6.03 Å². The minimum absolute atomic E-state index is 0.518. The van der Waals surface area contributed by atoms with Crippen molar-refractivity contribution in [3.8, 4) is 0 Å². The van der Waals surface area contributed by atoms with Crippen molar-refractivity contribution in [1.29, 1.82) is 0 Å². The quantitative estimate of drug-likeness (QED) is 0.243. The van der Waals surface area contributed by atoms with E-state index in [1.54, 1.807) is 0 Å². The molecule has 4 atom stereocenters. The summed E-state index contributed by atoms with van der Waals surface area (Å²) in [4.78, 5) is 11.0. The average Bonchev–Trinajstić information content (AvgIpc) is 2.16. The maximum Gasteiger partial charge on any atom is 0.315 e. The second kappa shape index (κ2) is 3.06. The van der Waals surface area contributed by atoms with E-state index in [1.807, 2.05) is 0 Å². The fraction of sp³-hybridized carbons (Fsp3) is 0.857. The number of aliphatic hydroxyl groups excluding tert-OH is 3. The average molecular weight is 203 g/mol. The van der Waals surface area contributed by atoms with Crippen LogP contribution in [0.3, 0.4) is 0 Å². The normalized spacial score (nSPS) is 52.1. The Morgan fingerprint density at radius 3 is 1.86 bits per heavy atom. The summed E-state index contributed by atoms with van der Waals surface area (Å²) in [6, 6.07) is -3.02. The van der Waals surface area contributed by atoms with Gasteiger partial charge in [-0.15, -0.1) is 0 Å². The van der Waals surface area contributed by atoms with E-state index in [0.717, 1.165) is 0 Å². The van der Waals surface area contributed by atoms with E-state index in [-0.39, 0.29) is 0 Å². The zero-order valence-corrected chi connectivity index (χ0v) is 7.29. The smallest absolute Gasteiger partial charge is 0.315 e. The number of aliphatic hydroxyl groups is 3. The van der Waals surface area contributed by atoms with E-state index in [9.17, 15) is 20.1 Å². The highest BCUT2D eigenvalue weighted by molar-refractivity contribution is 5.76. The van der Waals surface area contributed by atoms with Crippen molar-refractivity contribution in [2.45, 2.75) is 36.4 Å². The number of amides is 2. The standard InChI is InChI=1S/C7H13N3O4/c8-1-4(11)2-6(13)3(5(1)12)10-7(14)9-2/h1-6,11-13H,8H2,(H2,9,10,14). The summed E-state index contributed by atoms with van der Waals surface area (Å²) in [7, 11) is 0. The van der Waals surface area contributed by atoms with Gasteiger partial charge in [-0.3, -0.25) is 0 Å². The summed E-state index contributed by atoms with van der Waals surface area (Å²) in [5.74, 6) is 0. The van der Waals surface area contributed by atoms with Gasteiger partial charge in [0.2, 0.25) is 0 Å². The molecule has 0 radical (unpaired) electrons. The number of hydrogen-bond acceptors (Lipinski definition) is 5. The van der Waals surface area contributed by atoms with Crippen LogP contribution in [0.1, 0.15) is 0 Å². The second-order valence-corrected chi connectivity index (χ2v) is 3.72. The van der Waals surface area contributed by atoms with Crippen LogP contribution in [0.25, 0.3) is 0 Å². The number of carbonyl (C=O) groups excluding carboxylic acids is 1. The molecule has 2 fully saturated rings. The highest BCUT2D eigenvalue weighted by Gasteiger charge is 2.51. The van der Waals surface area contributed by atoms with Crippen LogP contribution < -0.4 is 16.4 Å². The van der Waals surface area contributed by atoms with Gasteiger partial charge >= 0.3 is 6.03 Å². The number of nitrogens with two attached hydrogens (primary N) is 1. The first-order valence-corrected chi connectivity index (χ1v) is 4.39. The third kappa shape index (κ3) is 1.17. The Morgan fingerprint density at radius 1 is 1.00 bits per heavy atom. The summed E-state index contributed by atoms with van der Waals surface area (Å²) in [5.41, 5.74) is 5.52. The molecule has 2 bridgehead atoms. The molecule has 0 aromatic heterocycles. The van der Waals surface area contributed by atoms with Crippen LogP contribution in [0.15, 0.2) is 0 Å². The van der Waals surface area contributed by atoms with E-state index in [4.69, 9.17) is 5.73 Å². The molecule has 2 aliphatic rings. The molecule has 0 aromatic carbocycles. The van der Waals surface area contributed by atoms with Crippen molar-refractivity contribution in [2.24, 2.45) is 5.73 Å². The molecule has 7 N–H and O–H groups in total. The largest absolute Gasteiger partial charge is 0.389 e.